The van der Waals surface area contributed by atoms with E-state index in [1.54, 1.807) is 0 Å². The molecule has 108 valence electrons. The van der Waals surface area contributed by atoms with Crippen LogP contribution in [0.4, 0.5) is 5.69 Å². The highest BCUT2D eigenvalue weighted by molar-refractivity contribution is 5.97. The molecule has 1 heterocycles. The largest absolute Gasteiger partial charge is 0.373 e. The highest BCUT2D eigenvalue weighted by atomic mass is 15.2. The lowest BCUT2D eigenvalue weighted by Crippen LogP contribution is -2.31. The molecule has 3 heteroatoms. The summed E-state index contributed by atoms with van der Waals surface area (Å²) in [5.41, 5.74) is 1.96. The number of likely N-dealkylation sites (N-methyl/N-ethyl adjacent to an activating group) is 1. The van der Waals surface area contributed by atoms with Gasteiger partial charge in [-0.15, -0.1) is 0 Å². The number of hydrogen-bond donors (Lipinski definition) is 0. The zero-order chi connectivity index (χ0) is 14.7. The molecule has 0 radical (unpaired) electrons. The maximum absolute atomic E-state index is 9.24. The van der Waals surface area contributed by atoms with Gasteiger partial charge in [0.1, 0.15) is 0 Å². The smallest absolute Gasteiger partial charge is 0.0998 e. The predicted octanol–water partition coefficient (Wildman–Crippen LogP) is 3.24. The molecular weight excluding hydrogens is 258 g/mol. The molecule has 1 fully saturated rings. The number of rotatable bonds is 4. The standard InChI is InChI=1S/C18H21N3/c1-20(12-13-21-10-4-5-11-21)18-9-8-15(14-19)16-6-2-3-7-17(16)18/h2-3,6-9H,4-5,10-13H2,1H3. The summed E-state index contributed by atoms with van der Waals surface area (Å²) in [7, 11) is 2.14. The van der Waals surface area contributed by atoms with Gasteiger partial charge in [0.2, 0.25) is 0 Å². The average Bonchev–Trinajstić information content (AvgIpc) is 3.05. The van der Waals surface area contributed by atoms with Gasteiger partial charge in [0.15, 0.2) is 0 Å². The van der Waals surface area contributed by atoms with Crippen molar-refractivity contribution >= 4 is 16.5 Å². The summed E-state index contributed by atoms with van der Waals surface area (Å²) in [6, 6.07) is 14.5. The number of fused-ring (bicyclic) bond motifs is 1. The second-order valence-electron chi connectivity index (χ2n) is 5.76. The van der Waals surface area contributed by atoms with Gasteiger partial charge in [0.05, 0.1) is 11.6 Å². The first kappa shape index (κ1) is 13.9. The molecule has 0 atom stereocenters. The second-order valence-corrected chi connectivity index (χ2v) is 5.76. The van der Waals surface area contributed by atoms with Gasteiger partial charge >= 0.3 is 0 Å². The monoisotopic (exact) mass is 279 g/mol. The summed E-state index contributed by atoms with van der Waals surface area (Å²) in [4.78, 5) is 4.84. The van der Waals surface area contributed by atoms with Crippen LogP contribution in [0.2, 0.25) is 0 Å². The van der Waals surface area contributed by atoms with E-state index in [2.05, 4.69) is 35.0 Å². The molecule has 0 aromatic heterocycles. The van der Waals surface area contributed by atoms with E-state index >= 15 is 0 Å². The first-order chi connectivity index (χ1) is 10.3. The third-order valence-corrected chi connectivity index (χ3v) is 4.38. The van der Waals surface area contributed by atoms with E-state index in [4.69, 9.17) is 0 Å². The van der Waals surface area contributed by atoms with Crippen molar-refractivity contribution in [1.82, 2.24) is 4.90 Å². The van der Waals surface area contributed by atoms with Crippen molar-refractivity contribution in [1.29, 1.82) is 5.26 Å². The number of likely N-dealkylation sites (tertiary alicyclic amines) is 1. The Balaban J connectivity index is 1.84. The van der Waals surface area contributed by atoms with Crippen LogP contribution in [-0.4, -0.2) is 38.1 Å². The van der Waals surface area contributed by atoms with Gasteiger partial charge in [0.25, 0.3) is 0 Å². The van der Waals surface area contributed by atoms with E-state index in [1.165, 1.54) is 37.0 Å². The maximum atomic E-state index is 9.24. The van der Waals surface area contributed by atoms with Crippen molar-refractivity contribution < 1.29 is 0 Å². The van der Waals surface area contributed by atoms with Gasteiger partial charge in [-0.1, -0.05) is 24.3 Å². The van der Waals surface area contributed by atoms with Gasteiger partial charge in [-0.05, 0) is 38.1 Å². The topological polar surface area (TPSA) is 30.3 Å². The van der Waals surface area contributed by atoms with Crippen LogP contribution in [0.15, 0.2) is 36.4 Å². The second kappa shape index (κ2) is 6.15. The summed E-state index contributed by atoms with van der Waals surface area (Å²) in [5.74, 6) is 0. The number of benzene rings is 2. The van der Waals surface area contributed by atoms with E-state index in [0.717, 1.165) is 24.0 Å². The van der Waals surface area contributed by atoms with Crippen LogP contribution in [-0.2, 0) is 0 Å². The Bertz CT molecular complexity index is 666. The minimum atomic E-state index is 0.752. The van der Waals surface area contributed by atoms with E-state index in [1.807, 2.05) is 24.3 Å². The fourth-order valence-electron chi connectivity index (χ4n) is 3.13. The summed E-state index contributed by atoms with van der Waals surface area (Å²) in [5, 5.41) is 11.5. The van der Waals surface area contributed by atoms with Gasteiger partial charge in [-0.2, -0.15) is 5.26 Å². The zero-order valence-electron chi connectivity index (χ0n) is 12.5. The van der Waals surface area contributed by atoms with Gasteiger partial charge in [-0.25, -0.2) is 0 Å². The Hall–Kier alpha value is -2.05. The van der Waals surface area contributed by atoms with Crippen molar-refractivity contribution in [2.75, 3.05) is 38.1 Å². The molecule has 0 bridgehead atoms. The summed E-state index contributed by atoms with van der Waals surface area (Å²) < 4.78 is 0. The van der Waals surface area contributed by atoms with Crippen molar-refractivity contribution in [3.63, 3.8) is 0 Å². The van der Waals surface area contributed by atoms with Crippen LogP contribution in [0.25, 0.3) is 10.8 Å². The molecule has 21 heavy (non-hydrogen) atoms. The molecule has 3 rings (SSSR count). The normalized spacial score (nSPS) is 15.2. The SMILES string of the molecule is CN(CCN1CCCC1)c1ccc(C#N)c2ccccc12. The Labute approximate surface area is 126 Å². The van der Waals surface area contributed by atoms with Crippen LogP contribution in [0, 0.1) is 11.3 Å². The summed E-state index contributed by atoms with van der Waals surface area (Å²) in [6.45, 7) is 4.62. The van der Waals surface area contributed by atoms with Crippen molar-refractivity contribution in [2.24, 2.45) is 0 Å². The Morgan fingerprint density at radius 3 is 2.52 bits per heavy atom. The third-order valence-electron chi connectivity index (χ3n) is 4.38. The number of hydrogen-bond acceptors (Lipinski definition) is 3. The molecule has 3 nitrogen and oxygen atoms in total. The molecule has 1 aliphatic heterocycles. The van der Waals surface area contributed by atoms with Gasteiger partial charge in [0, 0.05) is 36.6 Å². The molecule has 1 saturated heterocycles. The number of nitriles is 1. The molecule has 1 aliphatic rings. The Morgan fingerprint density at radius 1 is 1.10 bits per heavy atom. The van der Waals surface area contributed by atoms with Crippen LogP contribution in [0.5, 0.6) is 0 Å². The molecule has 2 aromatic carbocycles. The van der Waals surface area contributed by atoms with Crippen LogP contribution in [0.1, 0.15) is 18.4 Å². The van der Waals surface area contributed by atoms with Gasteiger partial charge in [-0.3, -0.25) is 0 Å². The molecular formula is C18H21N3. The molecule has 0 unspecified atom stereocenters. The van der Waals surface area contributed by atoms with E-state index < -0.39 is 0 Å². The summed E-state index contributed by atoms with van der Waals surface area (Å²) in [6.07, 6.45) is 2.67. The quantitative estimate of drug-likeness (QED) is 0.860. The first-order valence-electron chi connectivity index (χ1n) is 7.65. The lowest BCUT2D eigenvalue weighted by molar-refractivity contribution is 0.347. The third kappa shape index (κ3) is 2.86. The lowest BCUT2D eigenvalue weighted by atomic mass is 10.0. The minimum absolute atomic E-state index is 0.752. The minimum Gasteiger partial charge on any atom is -0.373 e. The van der Waals surface area contributed by atoms with E-state index in [9.17, 15) is 5.26 Å². The lowest BCUT2D eigenvalue weighted by Gasteiger charge is -2.24. The highest BCUT2D eigenvalue weighted by Gasteiger charge is 2.13. The molecule has 0 saturated carbocycles. The Kier molecular flexibility index (Phi) is 4.08. The molecule has 0 amide bonds. The van der Waals surface area contributed by atoms with Crippen LogP contribution in [0.3, 0.4) is 0 Å². The highest BCUT2D eigenvalue weighted by Crippen LogP contribution is 2.28. The van der Waals surface area contributed by atoms with Crippen LogP contribution >= 0.6 is 0 Å². The Morgan fingerprint density at radius 2 is 1.81 bits per heavy atom. The molecule has 0 spiro atoms. The molecule has 0 aliphatic carbocycles. The van der Waals surface area contributed by atoms with Gasteiger partial charge < -0.3 is 9.80 Å². The predicted molar refractivity (Wildman–Crippen MR) is 87.6 cm³/mol. The number of nitrogens with zero attached hydrogens (tertiary/aromatic N) is 3. The van der Waals surface area contributed by atoms with Crippen molar-refractivity contribution in [3.8, 4) is 6.07 Å². The molecule has 2 aromatic rings. The van der Waals surface area contributed by atoms with Crippen molar-refractivity contribution in [2.45, 2.75) is 12.8 Å². The van der Waals surface area contributed by atoms with Crippen molar-refractivity contribution in [3.05, 3.63) is 42.0 Å². The maximum Gasteiger partial charge on any atom is 0.0998 e. The van der Waals surface area contributed by atoms with Crippen LogP contribution < -0.4 is 4.90 Å². The first-order valence-corrected chi connectivity index (χ1v) is 7.65. The van der Waals surface area contributed by atoms with E-state index in [0.29, 0.717) is 0 Å². The summed E-state index contributed by atoms with van der Waals surface area (Å²) >= 11 is 0. The average molecular weight is 279 g/mol. The zero-order valence-corrected chi connectivity index (χ0v) is 12.5. The van der Waals surface area contributed by atoms with E-state index in [-0.39, 0.29) is 0 Å². The molecule has 0 N–H and O–H groups in total. The number of anilines is 1. The fraction of sp³-hybridized carbons (Fsp3) is 0.389. The fourth-order valence-corrected chi connectivity index (χ4v) is 3.13.